The van der Waals surface area contributed by atoms with E-state index >= 15 is 0 Å². The zero-order valence-electron chi connectivity index (χ0n) is 10.9. The van der Waals surface area contributed by atoms with Crippen molar-refractivity contribution in [1.82, 2.24) is 9.78 Å². The summed E-state index contributed by atoms with van der Waals surface area (Å²) in [6, 6.07) is 9.88. The zero-order chi connectivity index (χ0) is 13.0. The standard InChI is InChI=1S/C14H19N3O/c1-3-4-9-18-12-7-5-11(6-8-12)13-10-14(15)16-17(13)2/h5-8,10H,3-4,9H2,1-2H3,(H2,15,16). The Morgan fingerprint density at radius 2 is 2.00 bits per heavy atom. The summed E-state index contributed by atoms with van der Waals surface area (Å²) in [5.41, 5.74) is 7.77. The third-order valence-corrected chi connectivity index (χ3v) is 2.82. The molecule has 0 amide bonds. The number of aryl methyl sites for hydroxylation is 1. The van der Waals surface area contributed by atoms with E-state index in [-0.39, 0.29) is 0 Å². The highest BCUT2D eigenvalue weighted by molar-refractivity contribution is 5.63. The molecule has 1 aromatic heterocycles. The number of nitrogen functional groups attached to an aromatic ring is 1. The molecule has 0 unspecified atom stereocenters. The van der Waals surface area contributed by atoms with Crippen LogP contribution >= 0.6 is 0 Å². The highest BCUT2D eigenvalue weighted by Gasteiger charge is 2.05. The molecule has 0 aliphatic carbocycles. The number of unbranched alkanes of at least 4 members (excludes halogenated alkanes) is 1. The number of benzene rings is 1. The zero-order valence-corrected chi connectivity index (χ0v) is 10.9. The second kappa shape index (κ2) is 5.58. The fraction of sp³-hybridized carbons (Fsp3) is 0.357. The fourth-order valence-electron chi connectivity index (χ4n) is 1.82. The van der Waals surface area contributed by atoms with Gasteiger partial charge in [-0.2, -0.15) is 5.10 Å². The first-order chi connectivity index (χ1) is 8.70. The van der Waals surface area contributed by atoms with Gasteiger partial charge in [0, 0.05) is 18.7 Å². The lowest BCUT2D eigenvalue weighted by atomic mass is 10.1. The predicted molar refractivity (Wildman–Crippen MR) is 73.5 cm³/mol. The Morgan fingerprint density at radius 3 is 2.56 bits per heavy atom. The lowest BCUT2D eigenvalue weighted by Crippen LogP contribution is -1.97. The van der Waals surface area contributed by atoms with Gasteiger partial charge >= 0.3 is 0 Å². The lowest BCUT2D eigenvalue weighted by molar-refractivity contribution is 0.309. The van der Waals surface area contributed by atoms with E-state index in [0.29, 0.717) is 5.82 Å². The van der Waals surface area contributed by atoms with Crippen molar-refractivity contribution in [2.75, 3.05) is 12.3 Å². The molecule has 4 heteroatoms. The van der Waals surface area contributed by atoms with Crippen LogP contribution in [-0.2, 0) is 7.05 Å². The molecule has 0 aliphatic rings. The maximum Gasteiger partial charge on any atom is 0.146 e. The number of aromatic nitrogens is 2. The van der Waals surface area contributed by atoms with Crippen molar-refractivity contribution in [3.05, 3.63) is 30.3 Å². The highest BCUT2D eigenvalue weighted by atomic mass is 16.5. The summed E-state index contributed by atoms with van der Waals surface area (Å²) in [5.74, 6) is 1.44. The number of nitrogens with two attached hydrogens (primary N) is 1. The predicted octanol–water partition coefficient (Wildman–Crippen LogP) is 2.85. The number of ether oxygens (including phenoxy) is 1. The van der Waals surface area contributed by atoms with Crippen molar-refractivity contribution in [1.29, 1.82) is 0 Å². The van der Waals surface area contributed by atoms with Crippen LogP contribution in [0, 0.1) is 0 Å². The minimum atomic E-state index is 0.538. The van der Waals surface area contributed by atoms with Crippen LogP contribution in [0.4, 0.5) is 5.82 Å². The van der Waals surface area contributed by atoms with Crippen molar-refractivity contribution >= 4 is 5.82 Å². The van der Waals surface area contributed by atoms with Crippen LogP contribution in [0.25, 0.3) is 11.3 Å². The van der Waals surface area contributed by atoms with E-state index in [1.807, 2.05) is 37.4 Å². The quantitative estimate of drug-likeness (QED) is 0.824. The molecule has 4 nitrogen and oxygen atoms in total. The minimum absolute atomic E-state index is 0.538. The van der Waals surface area contributed by atoms with Gasteiger partial charge in [0.15, 0.2) is 0 Å². The summed E-state index contributed by atoms with van der Waals surface area (Å²) in [6.07, 6.45) is 2.23. The van der Waals surface area contributed by atoms with Crippen LogP contribution < -0.4 is 10.5 Å². The van der Waals surface area contributed by atoms with Crippen LogP contribution in [0.2, 0.25) is 0 Å². The molecule has 2 aromatic rings. The van der Waals surface area contributed by atoms with Crippen LogP contribution in [0.3, 0.4) is 0 Å². The average Bonchev–Trinajstić information content (AvgIpc) is 2.70. The Balaban J connectivity index is 2.10. The molecule has 0 radical (unpaired) electrons. The molecule has 1 heterocycles. The summed E-state index contributed by atoms with van der Waals surface area (Å²) >= 11 is 0. The summed E-state index contributed by atoms with van der Waals surface area (Å²) < 4.78 is 7.41. The molecular formula is C14H19N3O. The van der Waals surface area contributed by atoms with Crippen LogP contribution in [0.5, 0.6) is 5.75 Å². The first kappa shape index (κ1) is 12.5. The summed E-state index contributed by atoms with van der Waals surface area (Å²) in [7, 11) is 1.89. The van der Waals surface area contributed by atoms with E-state index in [0.717, 1.165) is 36.5 Å². The van der Waals surface area contributed by atoms with Crippen molar-refractivity contribution in [2.45, 2.75) is 19.8 Å². The van der Waals surface area contributed by atoms with Gasteiger partial charge in [0.2, 0.25) is 0 Å². The Morgan fingerprint density at radius 1 is 1.28 bits per heavy atom. The molecule has 0 aliphatic heterocycles. The molecule has 1 aromatic carbocycles. The van der Waals surface area contributed by atoms with Gasteiger partial charge < -0.3 is 10.5 Å². The smallest absolute Gasteiger partial charge is 0.146 e. The van der Waals surface area contributed by atoms with Gasteiger partial charge in [0.25, 0.3) is 0 Å². The van der Waals surface area contributed by atoms with Gasteiger partial charge in [0.05, 0.1) is 12.3 Å². The van der Waals surface area contributed by atoms with E-state index in [2.05, 4.69) is 12.0 Å². The maximum absolute atomic E-state index is 5.67. The monoisotopic (exact) mass is 245 g/mol. The molecule has 2 N–H and O–H groups in total. The molecule has 0 atom stereocenters. The number of rotatable bonds is 5. The van der Waals surface area contributed by atoms with Crippen molar-refractivity contribution in [3.8, 4) is 17.0 Å². The molecule has 0 saturated carbocycles. The molecule has 18 heavy (non-hydrogen) atoms. The number of nitrogens with zero attached hydrogens (tertiary/aromatic N) is 2. The van der Waals surface area contributed by atoms with Crippen molar-refractivity contribution in [3.63, 3.8) is 0 Å². The van der Waals surface area contributed by atoms with Gasteiger partial charge in [0.1, 0.15) is 11.6 Å². The van der Waals surface area contributed by atoms with Crippen LogP contribution in [-0.4, -0.2) is 16.4 Å². The molecule has 96 valence electrons. The summed E-state index contributed by atoms with van der Waals surface area (Å²) in [4.78, 5) is 0. The van der Waals surface area contributed by atoms with Crippen LogP contribution in [0.1, 0.15) is 19.8 Å². The maximum atomic E-state index is 5.67. The molecule has 0 bridgehead atoms. The topological polar surface area (TPSA) is 53.1 Å². The van der Waals surface area contributed by atoms with Gasteiger partial charge in [-0.25, -0.2) is 0 Å². The first-order valence-electron chi connectivity index (χ1n) is 6.23. The molecule has 0 spiro atoms. The Labute approximate surface area is 107 Å². The van der Waals surface area contributed by atoms with Gasteiger partial charge in [-0.1, -0.05) is 13.3 Å². The molecule has 0 fully saturated rings. The molecule has 2 rings (SSSR count). The van der Waals surface area contributed by atoms with E-state index in [1.54, 1.807) is 4.68 Å². The third-order valence-electron chi connectivity index (χ3n) is 2.82. The summed E-state index contributed by atoms with van der Waals surface area (Å²) in [6.45, 7) is 2.92. The number of hydrogen-bond acceptors (Lipinski definition) is 3. The SMILES string of the molecule is CCCCOc1ccc(-c2cc(N)nn2C)cc1. The summed E-state index contributed by atoms with van der Waals surface area (Å²) in [5, 5.41) is 4.13. The Hall–Kier alpha value is -1.97. The Kier molecular flexibility index (Phi) is 3.87. The number of hydrogen-bond donors (Lipinski definition) is 1. The van der Waals surface area contributed by atoms with Crippen LogP contribution in [0.15, 0.2) is 30.3 Å². The molecular weight excluding hydrogens is 226 g/mol. The Bertz CT molecular complexity index is 502. The lowest BCUT2D eigenvalue weighted by Gasteiger charge is -2.06. The van der Waals surface area contributed by atoms with Crippen molar-refractivity contribution in [2.24, 2.45) is 7.05 Å². The van der Waals surface area contributed by atoms with Gasteiger partial charge in [-0.15, -0.1) is 0 Å². The molecule has 0 saturated heterocycles. The fourth-order valence-corrected chi connectivity index (χ4v) is 1.82. The second-order valence-electron chi connectivity index (χ2n) is 4.30. The third kappa shape index (κ3) is 2.83. The highest BCUT2D eigenvalue weighted by Crippen LogP contribution is 2.23. The largest absolute Gasteiger partial charge is 0.494 e. The number of anilines is 1. The minimum Gasteiger partial charge on any atom is -0.494 e. The van der Waals surface area contributed by atoms with E-state index < -0.39 is 0 Å². The van der Waals surface area contributed by atoms with E-state index in [4.69, 9.17) is 10.5 Å². The van der Waals surface area contributed by atoms with Gasteiger partial charge in [-0.05, 0) is 30.7 Å². The van der Waals surface area contributed by atoms with E-state index in [1.165, 1.54) is 0 Å². The second-order valence-corrected chi connectivity index (χ2v) is 4.30. The van der Waals surface area contributed by atoms with Crippen molar-refractivity contribution < 1.29 is 4.74 Å². The normalized spacial score (nSPS) is 10.6. The average molecular weight is 245 g/mol. The van der Waals surface area contributed by atoms with Gasteiger partial charge in [-0.3, -0.25) is 4.68 Å². The van der Waals surface area contributed by atoms with E-state index in [9.17, 15) is 0 Å². The first-order valence-corrected chi connectivity index (χ1v) is 6.23.